The quantitative estimate of drug-likeness (QED) is 0.191. The number of hydrogen-bond donors (Lipinski definition) is 3. The Kier molecular flexibility index (Phi) is 11.0. The maximum absolute atomic E-state index is 14.5. The number of imide groups is 1. The molecule has 0 aliphatic carbocycles. The number of carbonyl (C=O) groups is 4. The SMILES string of the molecule is COC(=O)NC1=CC(=O)N(c2cc(Oc3ncccn3)c(C#N)cc2F)C1=O.N#Cc1cc(F)c(-n2c(=O)cc(C(=O)O)[nH]c2=O)cc1Oc1ncccn1. The Morgan fingerprint density at radius 2 is 1.33 bits per heavy atom. The van der Waals surface area contributed by atoms with Gasteiger partial charge >= 0.3 is 29.8 Å². The van der Waals surface area contributed by atoms with E-state index in [1.54, 1.807) is 12.1 Å². The molecule has 0 saturated carbocycles. The topological polar surface area (TPSA) is 285 Å². The first-order valence-electron chi connectivity index (χ1n) is 14.8. The lowest BCUT2D eigenvalue weighted by atomic mass is 10.1. The second-order valence-electron chi connectivity index (χ2n) is 10.2. The summed E-state index contributed by atoms with van der Waals surface area (Å²) in [4.78, 5) is 88.7. The molecule has 0 fully saturated rings. The molecule has 0 spiro atoms. The number of nitrogens with zero attached hydrogens (tertiary/aromatic N) is 8. The van der Waals surface area contributed by atoms with Gasteiger partial charge in [-0.15, -0.1) is 0 Å². The van der Waals surface area contributed by atoms with Crippen molar-refractivity contribution in [1.82, 2.24) is 34.8 Å². The summed E-state index contributed by atoms with van der Waals surface area (Å²) in [5.74, 6) is -5.87. The lowest BCUT2D eigenvalue weighted by molar-refractivity contribution is -0.120. The number of rotatable bonds is 8. The zero-order valence-electron chi connectivity index (χ0n) is 27.4. The van der Waals surface area contributed by atoms with E-state index in [0.717, 1.165) is 37.5 Å². The third-order valence-electron chi connectivity index (χ3n) is 6.81. The van der Waals surface area contributed by atoms with Crippen molar-refractivity contribution in [2.45, 2.75) is 0 Å². The third-order valence-corrected chi connectivity index (χ3v) is 6.81. The number of amides is 3. The molecule has 5 aromatic rings. The summed E-state index contributed by atoms with van der Waals surface area (Å²) in [7, 11) is 1.07. The van der Waals surface area contributed by atoms with E-state index in [1.165, 1.54) is 36.9 Å². The normalized spacial score (nSPS) is 11.7. The lowest BCUT2D eigenvalue weighted by Gasteiger charge is -2.17. The molecular weight excluding hydrogens is 734 g/mol. The van der Waals surface area contributed by atoms with Crippen LogP contribution in [0.15, 0.2) is 88.6 Å². The fourth-order valence-electron chi connectivity index (χ4n) is 4.43. The third kappa shape index (κ3) is 8.29. The van der Waals surface area contributed by atoms with E-state index >= 15 is 0 Å². The van der Waals surface area contributed by atoms with Gasteiger partial charge in [0.25, 0.3) is 17.4 Å². The van der Waals surface area contributed by atoms with Crippen LogP contribution in [0.25, 0.3) is 5.69 Å². The van der Waals surface area contributed by atoms with E-state index in [0.29, 0.717) is 15.5 Å². The molecule has 0 atom stereocenters. The number of alkyl carbamates (subject to hydrolysis) is 1. The Bertz CT molecular complexity index is 2570. The molecule has 4 heterocycles. The number of carboxylic acid groups (broad SMARTS) is 1. The standard InChI is InChI=1S/C17H10FN5O5.C16H8FN5O5/c1-27-17(26)22-11-6-14(24)23(15(11)25)12-7-13(9(8-19)5-10(12)18)28-16-20-3-2-4-21-16;17-9-4-8(7-18)12(27-15-19-2-1-3-20-15)6-11(9)22-13(23)5-10(14(24)25)21-16(22)26/h2-7H,1H3,(H,22,26);1-6H,(H,21,26)(H,24,25). The maximum Gasteiger partial charge on any atom is 0.411 e. The monoisotopic (exact) mass is 752 g/mol. The molecule has 274 valence electrons. The summed E-state index contributed by atoms with van der Waals surface area (Å²) < 4.78 is 44.3. The summed E-state index contributed by atoms with van der Waals surface area (Å²) in [5, 5.41) is 29.3. The maximum atomic E-state index is 14.5. The Labute approximate surface area is 303 Å². The van der Waals surface area contributed by atoms with Crippen LogP contribution in [0, 0.1) is 34.3 Å². The molecule has 20 nitrogen and oxygen atoms in total. The zero-order valence-corrected chi connectivity index (χ0v) is 27.4. The molecule has 22 heteroatoms. The van der Waals surface area contributed by atoms with Gasteiger partial charge < -0.3 is 24.3 Å². The van der Waals surface area contributed by atoms with Crippen molar-refractivity contribution in [3.63, 3.8) is 0 Å². The zero-order chi connectivity index (χ0) is 39.8. The summed E-state index contributed by atoms with van der Waals surface area (Å²) >= 11 is 0. The number of aromatic nitrogens is 6. The Hall–Kier alpha value is -8.66. The molecule has 3 amide bonds. The number of methoxy groups -OCH3 is 1. The van der Waals surface area contributed by atoms with Crippen molar-refractivity contribution in [3.8, 4) is 41.3 Å². The number of carboxylic acids is 1. The molecule has 3 N–H and O–H groups in total. The molecule has 0 radical (unpaired) electrons. The van der Waals surface area contributed by atoms with Gasteiger partial charge in [-0.25, -0.2) is 52.6 Å². The second-order valence-corrected chi connectivity index (χ2v) is 10.2. The fraction of sp³-hybridized carbons (Fsp3) is 0.0303. The highest BCUT2D eigenvalue weighted by Crippen LogP contribution is 2.33. The number of H-pyrrole nitrogens is 1. The molecule has 0 saturated heterocycles. The van der Waals surface area contributed by atoms with Gasteiger partial charge in [-0.05, 0) is 24.3 Å². The van der Waals surface area contributed by atoms with Gasteiger partial charge in [-0.1, -0.05) is 0 Å². The van der Waals surface area contributed by atoms with E-state index in [4.69, 9.17) is 19.8 Å². The van der Waals surface area contributed by atoms with Crippen LogP contribution in [0.3, 0.4) is 0 Å². The molecule has 1 aliphatic heterocycles. The average molecular weight is 753 g/mol. The van der Waals surface area contributed by atoms with Crippen molar-refractivity contribution < 1.29 is 47.3 Å². The van der Waals surface area contributed by atoms with E-state index in [9.17, 15) is 42.8 Å². The van der Waals surface area contributed by atoms with Crippen LogP contribution in [-0.2, 0) is 14.3 Å². The summed E-state index contributed by atoms with van der Waals surface area (Å²) in [5.41, 5.74) is -4.74. The van der Waals surface area contributed by atoms with Gasteiger partial charge in [0, 0.05) is 49.1 Å². The predicted octanol–water partition coefficient (Wildman–Crippen LogP) is 2.21. The largest absolute Gasteiger partial charge is 0.477 e. The van der Waals surface area contributed by atoms with Crippen molar-refractivity contribution in [1.29, 1.82) is 10.5 Å². The van der Waals surface area contributed by atoms with Gasteiger partial charge in [0.15, 0.2) is 11.5 Å². The molecule has 3 aromatic heterocycles. The number of benzene rings is 2. The van der Waals surface area contributed by atoms with Crippen LogP contribution in [0.4, 0.5) is 19.3 Å². The first kappa shape index (κ1) is 37.6. The minimum absolute atomic E-state index is 0.123. The van der Waals surface area contributed by atoms with Crippen molar-refractivity contribution in [2.24, 2.45) is 0 Å². The number of ether oxygens (including phenoxy) is 3. The molecule has 0 unspecified atom stereocenters. The number of anilines is 1. The van der Waals surface area contributed by atoms with Crippen molar-refractivity contribution in [2.75, 3.05) is 12.0 Å². The van der Waals surface area contributed by atoms with Gasteiger partial charge in [-0.3, -0.25) is 19.7 Å². The predicted molar refractivity (Wildman–Crippen MR) is 176 cm³/mol. The highest BCUT2D eigenvalue weighted by Gasteiger charge is 2.36. The molecule has 55 heavy (non-hydrogen) atoms. The molecule has 0 bridgehead atoms. The molecule has 2 aromatic carbocycles. The fourth-order valence-corrected chi connectivity index (χ4v) is 4.43. The number of aromatic carboxylic acids is 1. The van der Waals surface area contributed by atoms with Crippen molar-refractivity contribution >= 4 is 29.6 Å². The Morgan fingerprint density at radius 1 is 0.818 bits per heavy atom. The van der Waals surface area contributed by atoms with Crippen LogP contribution in [0.5, 0.6) is 23.5 Å². The lowest BCUT2D eigenvalue weighted by Crippen LogP contribution is -2.35. The van der Waals surface area contributed by atoms with E-state index in [2.05, 4.69) is 30.0 Å². The van der Waals surface area contributed by atoms with Crippen LogP contribution in [0.1, 0.15) is 21.6 Å². The van der Waals surface area contributed by atoms with E-state index < -0.39 is 69.5 Å². The minimum atomic E-state index is -1.53. The second kappa shape index (κ2) is 16.1. The highest BCUT2D eigenvalue weighted by molar-refractivity contribution is 6.31. The summed E-state index contributed by atoms with van der Waals surface area (Å²) in [6.45, 7) is 0. The highest BCUT2D eigenvalue weighted by atomic mass is 19.1. The number of nitrogens with one attached hydrogen (secondary N) is 2. The average Bonchev–Trinajstić information content (AvgIpc) is 3.44. The number of hydrogen-bond acceptors (Lipinski definition) is 15. The number of aromatic amines is 1. The van der Waals surface area contributed by atoms with E-state index in [1.807, 2.05) is 4.98 Å². The first-order valence-corrected chi connectivity index (χ1v) is 14.8. The first-order chi connectivity index (χ1) is 26.3. The van der Waals surface area contributed by atoms with Crippen LogP contribution >= 0.6 is 0 Å². The van der Waals surface area contributed by atoms with Crippen LogP contribution in [0.2, 0.25) is 0 Å². The van der Waals surface area contributed by atoms with Gasteiger partial charge in [0.2, 0.25) is 0 Å². The Morgan fingerprint density at radius 3 is 1.80 bits per heavy atom. The molecule has 6 rings (SSSR count). The van der Waals surface area contributed by atoms with E-state index in [-0.39, 0.29) is 34.6 Å². The van der Waals surface area contributed by atoms with Crippen LogP contribution < -0.4 is 30.9 Å². The van der Waals surface area contributed by atoms with Crippen LogP contribution in [-0.4, -0.2) is 65.6 Å². The number of carbonyl (C=O) groups excluding carboxylic acids is 3. The minimum Gasteiger partial charge on any atom is -0.477 e. The molecule has 1 aliphatic rings. The van der Waals surface area contributed by atoms with Crippen molar-refractivity contribution in [3.05, 3.63) is 128 Å². The Balaban J connectivity index is 0.000000211. The summed E-state index contributed by atoms with van der Waals surface area (Å²) in [6.07, 6.45) is 5.37. The summed E-state index contributed by atoms with van der Waals surface area (Å²) in [6, 6.07) is 10.4. The van der Waals surface area contributed by atoms with Gasteiger partial charge in [0.1, 0.15) is 35.2 Å². The number of nitriles is 2. The smallest absolute Gasteiger partial charge is 0.411 e. The van der Waals surface area contributed by atoms with Gasteiger partial charge in [0.05, 0.1) is 29.6 Å². The number of halogens is 2. The molecular formula is C33H18F2N10O10. The van der Waals surface area contributed by atoms with Gasteiger partial charge in [-0.2, -0.15) is 10.5 Å².